The van der Waals surface area contributed by atoms with Crippen LogP contribution in [0, 0.1) is 0 Å². The number of amides is 2. The maximum Gasteiger partial charge on any atom is 0.251 e. The molecule has 0 spiro atoms. The minimum atomic E-state index is -0.210. The first-order chi connectivity index (χ1) is 13.2. The first kappa shape index (κ1) is 18.6. The summed E-state index contributed by atoms with van der Waals surface area (Å²) in [6, 6.07) is 16.5. The number of rotatable bonds is 7. The normalized spacial score (nSPS) is 10.2. The van der Waals surface area contributed by atoms with E-state index in [-0.39, 0.29) is 24.8 Å². The van der Waals surface area contributed by atoms with Crippen LogP contribution in [-0.2, 0) is 4.79 Å². The highest BCUT2D eigenvalue weighted by molar-refractivity contribution is 7.99. The van der Waals surface area contributed by atoms with Crippen molar-refractivity contribution < 1.29 is 9.59 Å². The Labute approximate surface area is 161 Å². The van der Waals surface area contributed by atoms with E-state index in [2.05, 4.69) is 20.6 Å². The molecule has 2 aromatic heterocycles. The van der Waals surface area contributed by atoms with Gasteiger partial charge >= 0.3 is 0 Å². The number of pyridine rings is 2. The van der Waals surface area contributed by atoms with E-state index in [1.807, 2.05) is 30.3 Å². The molecule has 0 fully saturated rings. The standard InChI is InChI=1S/C20H18N4O2S/c25-18(24-16-4-3-11-21-14-16)10-13-23-20(26)15-6-8-17(9-7-15)27-19-5-1-2-12-22-19/h1-9,11-12,14H,10,13H2,(H,23,26)(H,24,25). The van der Waals surface area contributed by atoms with Gasteiger partial charge in [-0.1, -0.05) is 17.8 Å². The van der Waals surface area contributed by atoms with Gasteiger partial charge in [-0.25, -0.2) is 4.98 Å². The Morgan fingerprint density at radius 1 is 0.963 bits per heavy atom. The number of nitrogens with one attached hydrogen (secondary N) is 2. The maximum atomic E-state index is 12.2. The van der Waals surface area contributed by atoms with E-state index in [0.717, 1.165) is 9.92 Å². The molecule has 6 nitrogen and oxygen atoms in total. The summed E-state index contributed by atoms with van der Waals surface area (Å²) < 4.78 is 0. The summed E-state index contributed by atoms with van der Waals surface area (Å²) in [6.45, 7) is 0.259. The van der Waals surface area contributed by atoms with Crippen LogP contribution < -0.4 is 10.6 Å². The quantitative estimate of drug-likeness (QED) is 0.658. The molecule has 3 rings (SSSR count). The fourth-order valence-electron chi connectivity index (χ4n) is 2.25. The molecular weight excluding hydrogens is 360 g/mol. The summed E-state index contributed by atoms with van der Waals surface area (Å²) in [5, 5.41) is 6.37. The van der Waals surface area contributed by atoms with Crippen molar-refractivity contribution in [1.82, 2.24) is 15.3 Å². The van der Waals surface area contributed by atoms with Crippen molar-refractivity contribution in [2.24, 2.45) is 0 Å². The van der Waals surface area contributed by atoms with E-state index in [4.69, 9.17) is 0 Å². The molecule has 0 bridgehead atoms. The average Bonchev–Trinajstić information content (AvgIpc) is 2.70. The predicted molar refractivity (Wildman–Crippen MR) is 105 cm³/mol. The van der Waals surface area contributed by atoms with Gasteiger partial charge in [0.1, 0.15) is 5.03 Å². The molecule has 0 aliphatic heterocycles. The molecule has 0 saturated carbocycles. The minimum Gasteiger partial charge on any atom is -0.352 e. The van der Waals surface area contributed by atoms with E-state index in [0.29, 0.717) is 11.3 Å². The molecule has 0 atom stereocenters. The lowest BCUT2D eigenvalue weighted by atomic mass is 10.2. The topological polar surface area (TPSA) is 84.0 Å². The Morgan fingerprint density at radius 3 is 2.52 bits per heavy atom. The lowest BCUT2D eigenvalue weighted by Gasteiger charge is -2.07. The second-order valence-electron chi connectivity index (χ2n) is 5.59. The predicted octanol–water partition coefficient (Wildman–Crippen LogP) is 3.39. The minimum absolute atomic E-state index is 0.176. The zero-order chi connectivity index (χ0) is 18.9. The van der Waals surface area contributed by atoms with Crippen molar-refractivity contribution in [3.63, 3.8) is 0 Å². The van der Waals surface area contributed by atoms with Crippen LogP contribution in [0.5, 0.6) is 0 Å². The average molecular weight is 378 g/mol. The van der Waals surface area contributed by atoms with Crippen molar-refractivity contribution in [1.29, 1.82) is 0 Å². The highest BCUT2D eigenvalue weighted by atomic mass is 32.2. The number of anilines is 1. The molecule has 2 N–H and O–H groups in total. The second-order valence-corrected chi connectivity index (χ2v) is 6.68. The molecule has 0 radical (unpaired) electrons. The SMILES string of the molecule is O=C(CCNC(=O)c1ccc(Sc2ccccn2)cc1)Nc1cccnc1. The van der Waals surface area contributed by atoms with Gasteiger partial charge in [0.25, 0.3) is 5.91 Å². The highest BCUT2D eigenvalue weighted by Gasteiger charge is 2.08. The third-order valence-corrected chi connectivity index (χ3v) is 4.52. The van der Waals surface area contributed by atoms with Crippen LogP contribution in [0.15, 0.2) is 83.1 Å². The van der Waals surface area contributed by atoms with E-state index in [9.17, 15) is 9.59 Å². The van der Waals surface area contributed by atoms with Gasteiger partial charge in [-0.15, -0.1) is 0 Å². The first-order valence-corrected chi connectivity index (χ1v) is 9.19. The van der Waals surface area contributed by atoms with E-state index in [1.165, 1.54) is 11.8 Å². The number of carbonyl (C=O) groups excluding carboxylic acids is 2. The van der Waals surface area contributed by atoms with Crippen molar-refractivity contribution in [3.8, 4) is 0 Å². The summed E-state index contributed by atoms with van der Waals surface area (Å²) in [5.41, 5.74) is 1.18. The number of carbonyl (C=O) groups is 2. The molecule has 0 aliphatic carbocycles. The van der Waals surface area contributed by atoms with Crippen molar-refractivity contribution in [2.75, 3.05) is 11.9 Å². The van der Waals surface area contributed by atoms with Crippen molar-refractivity contribution >= 4 is 29.3 Å². The molecule has 0 saturated heterocycles. The number of benzene rings is 1. The maximum absolute atomic E-state index is 12.2. The van der Waals surface area contributed by atoms with Crippen LogP contribution in [0.1, 0.15) is 16.8 Å². The lowest BCUT2D eigenvalue weighted by Crippen LogP contribution is -2.27. The number of hydrogen-bond acceptors (Lipinski definition) is 5. The molecule has 136 valence electrons. The van der Waals surface area contributed by atoms with Gasteiger partial charge in [-0.2, -0.15) is 0 Å². The van der Waals surface area contributed by atoms with Gasteiger partial charge in [0.15, 0.2) is 0 Å². The molecule has 0 unspecified atom stereocenters. The Bertz CT molecular complexity index is 887. The third kappa shape index (κ3) is 5.93. The molecular formula is C20H18N4O2S. The number of hydrogen-bond donors (Lipinski definition) is 2. The van der Waals surface area contributed by atoms with Gasteiger partial charge in [-0.3, -0.25) is 14.6 Å². The van der Waals surface area contributed by atoms with E-state index >= 15 is 0 Å². The smallest absolute Gasteiger partial charge is 0.251 e. The molecule has 3 aromatic rings. The van der Waals surface area contributed by atoms with Crippen molar-refractivity contribution in [3.05, 3.63) is 78.8 Å². The third-order valence-electron chi connectivity index (χ3n) is 3.56. The number of nitrogens with zero attached hydrogens (tertiary/aromatic N) is 2. The highest BCUT2D eigenvalue weighted by Crippen LogP contribution is 2.25. The van der Waals surface area contributed by atoms with Gasteiger partial charge in [-0.05, 0) is 48.5 Å². The Kier molecular flexibility index (Phi) is 6.54. The molecule has 0 aliphatic rings. The lowest BCUT2D eigenvalue weighted by molar-refractivity contribution is -0.116. The van der Waals surface area contributed by atoms with Gasteiger partial charge in [0, 0.05) is 35.8 Å². The summed E-state index contributed by atoms with van der Waals surface area (Å²) in [4.78, 5) is 33.2. The van der Waals surface area contributed by atoms with Gasteiger partial charge in [0.2, 0.25) is 5.91 Å². The van der Waals surface area contributed by atoms with Gasteiger partial charge in [0.05, 0.1) is 11.9 Å². The monoisotopic (exact) mass is 378 g/mol. The Morgan fingerprint density at radius 2 is 1.81 bits per heavy atom. The van der Waals surface area contributed by atoms with Crippen molar-refractivity contribution in [2.45, 2.75) is 16.3 Å². The van der Waals surface area contributed by atoms with E-state index in [1.54, 1.807) is 42.9 Å². The Hall–Kier alpha value is -3.19. The second kappa shape index (κ2) is 9.49. The largest absolute Gasteiger partial charge is 0.352 e. The Balaban J connectivity index is 1.44. The molecule has 2 heterocycles. The van der Waals surface area contributed by atoms with Gasteiger partial charge < -0.3 is 10.6 Å². The molecule has 1 aromatic carbocycles. The summed E-state index contributed by atoms with van der Waals surface area (Å²) in [5.74, 6) is -0.385. The summed E-state index contributed by atoms with van der Waals surface area (Å²) >= 11 is 1.53. The molecule has 27 heavy (non-hydrogen) atoms. The summed E-state index contributed by atoms with van der Waals surface area (Å²) in [6.07, 6.45) is 5.14. The van der Waals surface area contributed by atoms with E-state index < -0.39 is 0 Å². The zero-order valence-electron chi connectivity index (χ0n) is 14.5. The van der Waals surface area contributed by atoms with Crippen LogP contribution in [-0.4, -0.2) is 28.3 Å². The molecule has 7 heteroatoms. The number of aromatic nitrogens is 2. The van der Waals surface area contributed by atoms with Crippen LogP contribution in [0.25, 0.3) is 0 Å². The van der Waals surface area contributed by atoms with Crippen LogP contribution in [0.3, 0.4) is 0 Å². The fourth-order valence-corrected chi connectivity index (χ4v) is 3.03. The van der Waals surface area contributed by atoms with Crippen LogP contribution in [0.2, 0.25) is 0 Å². The fraction of sp³-hybridized carbons (Fsp3) is 0.100. The van der Waals surface area contributed by atoms with Crippen LogP contribution >= 0.6 is 11.8 Å². The van der Waals surface area contributed by atoms with Crippen LogP contribution in [0.4, 0.5) is 5.69 Å². The summed E-state index contributed by atoms with van der Waals surface area (Å²) in [7, 11) is 0. The zero-order valence-corrected chi connectivity index (χ0v) is 15.3. The first-order valence-electron chi connectivity index (χ1n) is 8.38. The molecule has 2 amide bonds.